The van der Waals surface area contributed by atoms with Crippen LogP contribution in [0.2, 0.25) is 0 Å². The van der Waals surface area contributed by atoms with Crippen LogP contribution in [0, 0.1) is 0 Å². The molecule has 0 N–H and O–H groups in total. The second kappa shape index (κ2) is 5.80. The number of nitrogens with zero attached hydrogens (tertiary/aromatic N) is 4. The number of hydrogen-bond acceptors (Lipinski definition) is 5. The molecule has 0 atom stereocenters. The average Bonchev–Trinajstić information content (AvgIpc) is 2.92. The van der Waals surface area contributed by atoms with Gasteiger partial charge < -0.3 is 9.30 Å². The fourth-order valence-electron chi connectivity index (χ4n) is 2.55. The number of rotatable bonds is 3. The van der Waals surface area contributed by atoms with Crippen LogP contribution in [0.4, 0.5) is 0 Å². The first-order valence-corrected chi connectivity index (χ1v) is 7.26. The van der Waals surface area contributed by atoms with Crippen LogP contribution in [0.1, 0.15) is 12.5 Å². The molecule has 0 saturated heterocycles. The van der Waals surface area contributed by atoms with Crippen molar-refractivity contribution in [3.05, 3.63) is 57.0 Å². The standard InChI is InChI=1S/C16H16N4O4/c1-10(21)24-12-6-4-11(5-7-12)8-20-15(22)13-14(17-9-18(13)2)19(3)16(20)23/h4-7,9H,8H2,1-3H3. The van der Waals surface area contributed by atoms with Crippen LogP contribution in [0.5, 0.6) is 5.75 Å². The Labute approximate surface area is 136 Å². The second-order valence-electron chi connectivity index (χ2n) is 5.50. The van der Waals surface area contributed by atoms with Crippen molar-refractivity contribution in [3.63, 3.8) is 0 Å². The highest BCUT2D eigenvalue weighted by molar-refractivity contribution is 5.70. The lowest BCUT2D eigenvalue weighted by Crippen LogP contribution is -2.39. The number of esters is 1. The molecule has 2 aromatic heterocycles. The molecule has 0 radical (unpaired) electrons. The van der Waals surface area contributed by atoms with E-state index in [1.165, 1.54) is 17.8 Å². The Hall–Kier alpha value is -3.16. The Morgan fingerprint density at radius 3 is 2.46 bits per heavy atom. The molecule has 0 bridgehead atoms. The number of ether oxygens (including phenoxy) is 1. The topological polar surface area (TPSA) is 88.1 Å². The van der Waals surface area contributed by atoms with Gasteiger partial charge in [-0.1, -0.05) is 12.1 Å². The number of hydrogen-bond donors (Lipinski definition) is 0. The van der Waals surface area contributed by atoms with Crippen molar-refractivity contribution >= 4 is 17.1 Å². The van der Waals surface area contributed by atoms with Crippen LogP contribution in [0.3, 0.4) is 0 Å². The van der Waals surface area contributed by atoms with Crippen LogP contribution < -0.4 is 16.0 Å². The maximum absolute atomic E-state index is 12.6. The van der Waals surface area contributed by atoms with Gasteiger partial charge in [-0.05, 0) is 17.7 Å². The predicted octanol–water partition coefficient (Wildman–Crippen LogP) is 0.407. The maximum atomic E-state index is 12.6. The van der Waals surface area contributed by atoms with Gasteiger partial charge in [0.25, 0.3) is 5.56 Å². The normalized spacial score (nSPS) is 11.0. The third-order valence-electron chi connectivity index (χ3n) is 3.73. The van der Waals surface area contributed by atoms with Gasteiger partial charge in [0.2, 0.25) is 0 Å². The molecule has 3 aromatic rings. The zero-order valence-corrected chi connectivity index (χ0v) is 13.5. The molecular formula is C16H16N4O4. The van der Waals surface area contributed by atoms with Gasteiger partial charge in [-0.15, -0.1) is 0 Å². The molecule has 124 valence electrons. The first kappa shape index (κ1) is 15.7. The Bertz CT molecular complexity index is 1040. The van der Waals surface area contributed by atoms with Gasteiger partial charge >= 0.3 is 11.7 Å². The van der Waals surface area contributed by atoms with Gasteiger partial charge in [-0.25, -0.2) is 9.78 Å². The minimum absolute atomic E-state index is 0.118. The minimum atomic E-state index is -0.435. The van der Waals surface area contributed by atoms with E-state index in [0.29, 0.717) is 16.9 Å². The summed E-state index contributed by atoms with van der Waals surface area (Å²) in [6, 6.07) is 6.65. The monoisotopic (exact) mass is 328 g/mol. The van der Waals surface area contributed by atoms with E-state index in [9.17, 15) is 14.4 Å². The summed E-state index contributed by atoms with van der Waals surface area (Å²) >= 11 is 0. The number of fused-ring (bicyclic) bond motifs is 1. The molecule has 24 heavy (non-hydrogen) atoms. The molecule has 8 heteroatoms. The summed E-state index contributed by atoms with van der Waals surface area (Å²) in [6.45, 7) is 1.44. The summed E-state index contributed by atoms with van der Waals surface area (Å²) in [5.74, 6) is 0.00286. The van der Waals surface area contributed by atoms with Crippen molar-refractivity contribution < 1.29 is 9.53 Å². The van der Waals surface area contributed by atoms with E-state index in [2.05, 4.69) is 4.98 Å². The van der Waals surface area contributed by atoms with Crippen molar-refractivity contribution in [1.82, 2.24) is 18.7 Å². The van der Waals surface area contributed by atoms with Crippen LogP contribution in [0.15, 0.2) is 40.2 Å². The molecule has 0 spiro atoms. The van der Waals surface area contributed by atoms with E-state index >= 15 is 0 Å². The minimum Gasteiger partial charge on any atom is -0.427 e. The molecule has 8 nitrogen and oxygen atoms in total. The van der Waals surface area contributed by atoms with Gasteiger partial charge in [0.1, 0.15) is 5.75 Å². The van der Waals surface area contributed by atoms with E-state index in [1.807, 2.05) is 0 Å². The number of carbonyl (C=O) groups is 1. The SMILES string of the molecule is CC(=O)Oc1ccc(Cn2c(=O)c3c(ncn3C)n(C)c2=O)cc1. The van der Waals surface area contributed by atoms with E-state index < -0.39 is 17.2 Å². The first-order valence-electron chi connectivity index (χ1n) is 7.26. The quantitative estimate of drug-likeness (QED) is 0.513. The molecule has 0 aliphatic heterocycles. The Morgan fingerprint density at radius 1 is 1.17 bits per heavy atom. The zero-order valence-electron chi connectivity index (χ0n) is 13.5. The average molecular weight is 328 g/mol. The lowest BCUT2D eigenvalue weighted by Gasteiger charge is -2.09. The van der Waals surface area contributed by atoms with Crippen molar-refractivity contribution in [1.29, 1.82) is 0 Å². The molecular weight excluding hydrogens is 312 g/mol. The van der Waals surface area contributed by atoms with Crippen molar-refractivity contribution in [2.45, 2.75) is 13.5 Å². The van der Waals surface area contributed by atoms with Gasteiger partial charge in [0.15, 0.2) is 11.2 Å². The van der Waals surface area contributed by atoms with Crippen LogP contribution in [-0.4, -0.2) is 24.7 Å². The molecule has 0 aliphatic rings. The lowest BCUT2D eigenvalue weighted by molar-refractivity contribution is -0.131. The maximum Gasteiger partial charge on any atom is 0.332 e. The Morgan fingerprint density at radius 2 is 1.83 bits per heavy atom. The van der Waals surface area contributed by atoms with Crippen LogP contribution >= 0.6 is 0 Å². The molecule has 2 heterocycles. The Kier molecular flexibility index (Phi) is 3.80. The van der Waals surface area contributed by atoms with E-state index in [1.54, 1.807) is 42.9 Å². The summed E-state index contributed by atoms with van der Waals surface area (Å²) < 4.78 is 9.07. The van der Waals surface area contributed by atoms with E-state index in [4.69, 9.17) is 4.74 Å². The number of aromatic nitrogens is 4. The van der Waals surface area contributed by atoms with Gasteiger partial charge in [0.05, 0.1) is 12.9 Å². The molecule has 0 fully saturated rings. The van der Waals surface area contributed by atoms with E-state index in [-0.39, 0.29) is 6.54 Å². The van der Waals surface area contributed by atoms with Crippen molar-refractivity contribution in [2.75, 3.05) is 0 Å². The third-order valence-corrected chi connectivity index (χ3v) is 3.73. The van der Waals surface area contributed by atoms with Crippen molar-refractivity contribution in [3.8, 4) is 5.75 Å². The third kappa shape index (κ3) is 2.62. The highest BCUT2D eigenvalue weighted by Crippen LogP contribution is 2.13. The molecule has 0 amide bonds. The van der Waals surface area contributed by atoms with Gasteiger partial charge in [0, 0.05) is 21.0 Å². The molecule has 0 saturated carbocycles. The molecule has 0 unspecified atom stereocenters. The summed E-state index contributed by atoms with van der Waals surface area (Å²) in [5.41, 5.74) is 0.640. The van der Waals surface area contributed by atoms with Crippen LogP contribution in [0.25, 0.3) is 11.2 Å². The molecule has 3 rings (SSSR count). The first-order chi connectivity index (χ1) is 11.4. The fourth-order valence-corrected chi connectivity index (χ4v) is 2.55. The zero-order chi connectivity index (χ0) is 17.4. The smallest absolute Gasteiger partial charge is 0.332 e. The highest BCUT2D eigenvalue weighted by Gasteiger charge is 2.15. The number of imidazole rings is 1. The fraction of sp³-hybridized carbons (Fsp3) is 0.250. The number of benzene rings is 1. The van der Waals surface area contributed by atoms with Crippen LogP contribution in [-0.2, 0) is 25.4 Å². The predicted molar refractivity (Wildman–Crippen MR) is 87.1 cm³/mol. The Balaban J connectivity index is 2.04. The lowest BCUT2D eigenvalue weighted by atomic mass is 10.2. The van der Waals surface area contributed by atoms with Crippen molar-refractivity contribution in [2.24, 2.45) is 14.1 Å². The molecule has 0 aliphatic carbocycles. The summed E-state index contributed by atoms with van der Waals surface area (Å²) in [7, 11) is 3.29. The van der Waals surface area contributed by atoms with Gasteiger partial charge in [-0.3, -0.25) is 18.7 Å². The number of aryl methyl sites for hydroxylation is 2. The highest BCUT2D eigenvalue weighted by atomic mass is 16.5. The second-order valence-corrected chi connectivity index (χ2v) is 5.50. The largest absolute Gasteiger partial charge is 0.427 e. The summed E-state index contributed by atoms with van der Waals surface area (Å²) in [4.78, 5) is 40.1. The number of carbonyl (C=O) groups excluding carboxylic acids is 1. The summed E-state index contributed by atoms with van der Waals surface area (Å²) in [6.07, 6.45) is 1.50. The summed E-state index contributed by atoms with van der Waals surface area (Å²) in [5, 5.41) is 0. The van der Waals surface area contributed by atoms with E-state index in [0.717, 1.165) is 10.1 Å². The molecule has 1 aromatic carbocycles. The van der Waals surface area contributed by atoms with Gasteiger partial charge in [-0.2, -0.15) is 0 Å².